The molecule has 1 atom stereocenters. The SMILES string of the molecule is CC(C)(C)OC(=O)N1CCC[C@H]1C1(CO)CC1. The largest absolute Gasteiger partial charge is 0.444 e. The molecule has 0 aromatic heterocycles. The summed E-state index contributed by atoms with van der Waals surface area (Å²) in [5.74, 6) is 0. The van der Waals surface area contributed by atoms with E-state index in [0.29, 0.717) is 0 Å². The quantitative estimate of drug-likeness (QED) is 0.806. The summed E-state index contributed by atoms with van der Waals surface area (Å²) < 4.78 is 5.42. The molecule has 0 aromatic carbocycles. The molecule has 2 rings (SSSR count). The first-order valence-corrected chi connectivity index (χ1v) is 6.48. The Balaban J connectivity index is 2.02. The lowest BCUT2D eigenvalue weighted by atomic mass is 9.95. The van der Waals surface area contributed by atoms with Gasteiger partial charge in [0.15, 0.2) is 0 Å². The third kappa shape index (κ3) is 2.57. The topological polar surface area (TPSA) is 49.8 Å². The number of aliphatic hydroxyl groups is 1. The second kappa shape index (κ2) is 4.16. The molecule has 0 bridgehead atoms. The number of likely N-dealkylation sites (tertiary alicyclic amines) is 1. The minimum atomic E-state index is -0.444. The first-order chi connectivity index (χ1) is 7.88. The Kier molecular flexibility index (Phi) is 3.10. The summed E-state index contributed by atoms with van der Waals surface area (Å²) in [6.45, 7) is 6.61. The summed E-state index contributed by atoms with van der Waals surface area (Å²) >= 11 is 0. The van der Waals surface area contributed by atoms with Crippen LogP contribution in [0.1, 0.15) is 46.5 Å². The first-order valence-electron chi connectivity index (χ1n) is 6.48. The Bertz CT molecular complexity index is 304. The summed E-state index contributed by atoms with van der Waals surface area (Å²) in [5.41, 5.74) is -0.465. The van der Waals surface area contributed by atoms with Crippen molar-refractivity contribution in [3.8, 4) is 0 Å². The number of carbonyl (C=O) groups excluding carboxylic acids is 1. The van der Waals surface area contributed by atoms with Crippen molar-refractivity contribution in [3.63, 3.8) is 0 Å². The van der Waals surface area contributed by atoms with Crippen LogP contribution in [-0.2, 0) is 4.74 Å². The lowest BCUT2D eigenvalue weighted by Crippen LogP contribution is -2.44. The van der Waals surface area contributed by atoms with Crippen LogP contribution in [0.4, 0.5) is 4.79 Å². The smallest absolute Gasteiger partial charge is 0.410 e. The van der Waals surface area contributed by atoms with Gasteiger partial charge in [0.25, 0.3) is 0 Å². The molecule has 17 heavy (non-hydrogen) atoms. The molecular weight excluding hydrogens is 218 g/mol. The molecule has 98 valence electrons. The van der Waals surface area contributed by atoms with Crippen LogP contribution in [0, 0.1) is 5.41 Å². The molecule has 0 unspecified atom stereocenters. The standard InChI is InChI=1S/C13H23NO3/c1-12(2,3)17-11(16)14-8-4-5-10(14)13(9-15)6-7-13/h10,15H,4-9H2,1-3H3/t10-/m0/s1. The number of ether oxygens (including phenoxy) is 1. The second-order valence-electron chi connectivity index (χ2n) is 6.35. The summed E-state index contributed by atoms with van der Waals surface area (Å²) in [6, 6.07) is 0.183. The van der Waals surface area contributed by atoms with Crippen LogP contribution in [0.2, 0.25) is 0 Å². The van der Waals surface area contributed by atoms with Crippen molar-refractivity contribution in [2.45, 2.75) is 58.1 Å². The molecular formula is C13H23NO3. The van der Waals surface area contributed by atoms with Crippen LogP contribution in [0.5, 0.6) is 0 Å². The zero-order valence-electron chi connectivity index (χ0n) is 11.0. The van der Waals surface area contributed by atoms with Gasteiger partial charge in [-0.2, -0.15) is 0 Å². The van der Waals surface area contributed by atoms with Crippen LogP contribution >= 0.6 is 0 Å². The molecule has 0 radical (unpaired) electrons. The molecule has 0 spiro atoms. The van der Waals surface area contributed by atoms with E-state index in [4.69, 9.17) is 4.74 Å². The van der Waals surface area contributed by atoms with Crippen molar-refractivity contribution in [2.24, 2.45) is 5.41 Å². The van der Waals surface area contributed by atoms with Gasteiger partial charge in [-0.1, -0.05) is 0 Å². The van der Waals surface area contributed by atoms with E-state index < -0.39 is 5.60 Å². The second-order valence-corrected chi connectivity index (χ2v) is 6.35. The van der Waals surface area contributed by atoms with E-state index >= 15 is 0 Å². The fraction of sp³-hybridized carbons (Fsp3) is 0.923. The number of carbonyl (C=O) groups is 1. The molecule has 1 saturated heterocycles. The number of rotatable bonds is 2. The number of hydrogen-bond donors (Lipinski definition) is 1. The lowest BCUT2D eigenvalue weighted by molar-refractivity contribution is 0.0117. The predicted molar refractivity (Wildman–Crippen MR) is 64.7 cm³/mol. The Morgan fingerprint density at radius 1 is 1.47 bits per heavy atom. The molecule has 0 aromatic rings. The molecule has 2 aliphatic rings. The maximum Gasteiger partial charge on any atom is 0.410 e. The minimum Gasteiger partial charge on any atom is -0.444 e. The highest BCUT2D eigenvalue weighted by Gasteiger charge is 2.53. The van der Waals surface area contributed by atoms with Gasteiger partial charge in [0.1, 0.15) is 5.60 Å². The summed E-state index contributed by atoms with van der Waals surface area (Å²) in [6.07, 6.45) is 3.87. The fourth-order valence-corrected chi connectivity index (χ4v) is 2.70. The van der Waals surface area contributed by atoms with E-state index in [2.05, 4.69) is 0 Å². The molecule has 1 aliphatic carbocycles. The molecule has 1 aliphatic heterocycles. The molecule has 1 saturated carbocycles. The van der Waals surface area contributed by atoms with E-state index in [1.807, 2.05) is 25.7 Å². The van der Waals surface area contributed by atoms with Crippen LogP contribution in [-0.4, -0.2) is 40.9 Å². The van der Waals surface area contributed by atoms with Crippen molar-refractivity contribution in [1.82, 2.24) is 4.90 Å². The van der Waals surface area contributed by atoms with Gasteiger partial charge in [-0.3, -0.25) is 0 Å². The average Bonchev–Trinajstić information content (AvgIpc) is 2.85. The Labute approximate surface area is 103 Å². The number of nitrogens with zero attached hydrogens (tertiary/aromatic N) is 1. The van der Waals surface area contributed by atoms with Crippen molar-refractivity contribution in [2.75, 3.05) is 13.2 Å². The van der Waals surface area contributed by atoms with Crippen LogP contribution in [0.3, 0.4) is 0 Å². The minimum absolute atomic E-state index is 0.0204. The van der Waals surface area contributed by atoms with Gasteiger partial charge in [0.2, 0.25) is 0 Å². The number of aliphatic hydroxyl groups excluding tert-OH is 1. The van der Waals surface area contributed by atoms with E-state index in [1.165, 1.54) is 0 Å². The van der Waals surface area contributed by atoms with Crippen LogP contribution < -0.4 is 0 Å². The third-order valence-corrected chi connectivity index (χ3v) is 3.79. The van der Waals surface area contributed by atoms with Gasteiger partial charge in [0.05, 0.1) is 6.61 Å². The Hall–Kier alpha value is -0.770. The van der Waals surface area contributed by atoms with Crippen molar-refractivity contribution < 1.29 is 14.6 Å². The molecule has 1 N–H and O–H groups in total. The van der Waals surface area contributed by atoms with Crippen LogP contribution in [0.25, 0.3) is 0 Å². The summed E-state index contributed by atoms with van der Waals surface area (Å²) in [5, 5.41) is 9.47. The maximum absolute atomic E-state index is 12.1. The number of amides is 1. The Morgan fingerprint density at radius 3 is 2.59 bits per heavy atom. The highest BCUT2D eigenvalue weighted by atomic mass is 16.6. The van der Waals surface area contributed by atoms with E-state index in [0.717, 1.165) is 32.2 Å². The zero-order valence-corrected chi connectivity index (χ0v) is 11.0. The monoisotopic (exact) mass is 241 g/mol. The van der Waals surface area contributed by atoms with Gasteiger partial charge in [-0.05, 0) is 46.5 Å². The van der Waals surface area contributed by atoms with Gasteiger partial charge in [-0.15, -0.1) is 0 Å². The van der Waals surface area contributed by atoms with Gasteiger partial charge in [-0.25, -0.2) is 4.79 Å². The predicted octanol–water partition coefficient (Wildman–Crippen LogP) is 2.16. The zero-order chi connectivity index (χ0) is 12.7. The fourth-order valence-electron chi connectivity index (χ4n) is 2.70. The van der Waals surface area contributed by atoms with Gasteiger partial charge in [0, 0.05) is 18.0 Å². The van der Waals surface area contributed by atoms with Crippen LogP contribution in [0.15, 0.2) is 0 Å². The molecule has 4 nitrogen and oxygen atoms in total. The molecule has 4 heteroatoms. The highest BCUT2D eigenvalue weighted by Crippen LogP contribution is 2.53. The van der Waals surface area contributed by atoms with Gasteiger partial charge >= 0.3 is 6.09 Å². The average molecular weight is 241 g/mol. The van der Waals surface area contributed by atoms with Gasteiger partial charge < -0.3 is 14.7 Å². The Morgan fingerprint density at radius 2 is 2.12 bits per heavy atom. The lowest BCUT2D eigenvalue weighted by Gasteiger charge is -2.32. The normalized spacial score (nSPS) is 27.1. The van der Waals surface area contributed by atoms with Crippen molar-refractivity contribution in [1.29, 1.82) is 0 Å². The van der Waals surface area contributed by atoms with E-state index in [9.17, 15) is 9.90 Å². The highest BCUT2D eigenvalue weighted by molar-refractivity contribution is 5.69. The number of hydrogen-bond acceptors (Lipinski definition) is 3. The maximum atomic E-state index is 12.1. The van der Waals surface area contributed by atoms with Crippen molar-refractivity contribution >= 4 is 6.09 Å². The van der Waals surface area contributed by atoms with E-state index in [1.54, 1.807) is 0 Å². The third-order valence-electron chi connectivity index (χ3n) is 3.79. The molecule has 1 heterocycles. The summed E-state index contributed by atoms with van der Waals surface area (Å²) in [4.78, 5) is 13.9. The summed E-state index contributed by atoms with van der Waals surface area (Å²) in [7, 11) is 0. The molecule has 2 fully saturated rings. The van der Waals surface area contributed by atoms with E-state index in [-0.39, 0.29) is 24.2 Å². The first kappa shape index (κ1) is 12.7. The molecule has 1 amide bonds. The van der Waals surface area contributed by atoms with Crippen molar-refractivity contribution in [3.05, 3.63) is 0 Å².